The van der Waals surface area contributed by atoms with Crippen molar-refractivity contribution in [3.8, 4) is 0 Å². The maximum atomic E-state index is 13.4. The molecule has 0 bridgehead atoms. The van der Waals surface area contributed by atoms with Crippen molar-refractivity contribution in [2.45, 2.75) is 50.8 Å². The van der Waals surface area contributed by atoms with E-state index < -0.39 is 10.7 Å². The van der Waals surface area contributed by atoms with Crippen molar-refractivity contribution in [2.75, 3.05) is 0 Å². The van der Waals surface area contributed by atoms with Crippen molar-refractivity contribution in [3.63, 3.8) is 0 Å². The first-order valence-corrected chi connectivity index (χ1v) is 14.2. The average molecular weight is 549 g/mol. The lowest BCUT2D eigenvalue weighted by Crippen LogP contribution is -2.29. The summed E-state index contributed by atoms with van der Waals surface area (Å²) in [6.07, 6.45) is 0. The summed E-state index contributed by atoms with van der Waals surface area (Å²) in [5.41, 5.74) is 5.90. The molecule has 0 atom stereocenters. The summed E-state index contributed by atoms with van der Waals surface area (Å²) in [5, 5.41) is 6.23. The van der Waals surface area contributed by atoms with Crippen LogP contribution >= 0.6 is 11.8 Å². The Labute approximate surface area is 238 Å². The highest BCUT2D eigenvalue weighted by molar-refractivity contribution is 8.01. The molecule has 0 unspecified atom stereocenters. The van der Waals surface area contributed by atoms with Crippen LogP contribution in [0, 0.1) is 6.92 Å². The van der Waals surface area contributed by atoms with Gasteiger partial charge < -0.3 is 9.40 Å². The molecule has 40 heavy (non-hydrogen) atoms. The third-order valence-corrected chi connectivity index (χ3v) is 8.31. The highest BCUT2D eigenvalue weighted by Crippen LogP contribution is 2.34. The number of aromatic nitrogens is 1. The van der Waals surface area contributed by atoms with E-state index in [-0.39, 0.29) is 5.78 Å². The molecule has 4 aromatic carbocycles. The van der Waals surface area contributed by atoms with Crippen LogP contribution in [0.1, 0.15) is 54.7 Å². The zero-order chi connectivity index (χ0) is 28.4. The van der Waals surface area contributed by atoms with E-state index in [4.69, 9.17) is 4.84 Å². The van der Waals surface area contributed by atoms with Crippen LogP contribution in [0.15, 0.2) is 101 Å². The molecule has 202 valence electrons. The first kappa shape index (κ1) is 27.4. The third kappa shape index (κ3) is 5.32. The summed E-state index contributed by atoms with van der Waals surface area (Å²) in [5.74, 6) is -0.405. The maximum absolute atomic E-state index is 13.4. The fourth-order valence-electron chi connectivity index (χ4n) is 4.89. The number of carbonyl (C=O) groups excluding carboxylic acids is 2. The Hall–Kier alpha value is -4.16. The molecule has 6 heteroatoms. The first-order chi connectivity index (χ1) is 19.2. The number of benzene rings is 4. The average Bonchev–Trinajstić information content (AvgIpc) is 3.28. The standard InChI is InChI=1S/C34H32N2O3S/c1-6-36-30-18-16-24(23(3)35-39-33(38)34(4,5)40-26-13-8-7-9-14-26)20-28(30)29-21-25(17-19-31(29)36)32(37)27-15-11-10-12-22(27)2/h7-21H,6H2,1-5H3. The minimum absolute atomic E-state index is 0.00851. The van der Waals surface area contributed by atoms with Gasteiger partial charge in [-0.25, -0.2) is 4.79 Å². The second kappa shape index (κ2) is 11.1. The van der Waals surface area contributed by atoms with Crippen molar-refractivity contribution in [3.05, 3.63) is 113 Å². The molecule has 0 aliphatic rings. The second-order valence-corrected chi connectivity index (χ2v) is 12.0. The Bertz CT molecular complexity index is 1770. The molecule has 0 N–H and O–H groups in total. The van der Waals surface area contributed by atoms with Crippen LogP contribution in [0.2, 0.25) is 0 Å². The fourth-order valence-corrected chi connectivity index (χ4v) is 5.89. The van der Waals surface area contributed by atoms with Gasteiger partial charge in [0, 0.05) is 44.4 Å². The summed E-state index contributed by atoms with van der Waals surface area (Å²) in [4.78, 5) is 32.7. The van der Waals surface area contributed by atoms with Gasteiger partial charge in [0.25, 0.3) is 0 Å². The summed E-state index contributed by atoms with van der Waals surface area (Å²) in [6, 6.07) is 29.5. The van der Waals surface area contributed by atoms with E-state index in [9.17, 15) is 9.59 Å². The summed E-state index contributed by atoms with van der Waals surface area (Å²) in [6.45, 7) is 10.4. The normalized spacial score (nSPS) is 12.2. The van der Waals surface area contributed by atoms with E-state index in [1.54, 1.807) is 0 Å². The summed E-state index contributed by atoms with van der Waals surface area (Å²) >= 11 is 1.44. The minimum Gasteiger partial charge on any atom is -0.341 e. The van der Waals surface area contributed by atoms with Gasteiger partial charge in [0.05, 0.1) is 5.71 Å². The van der Waals surface area contributed by atoms with Crippen molar-refractivity contribution >= 4 is 51.0 Å². The number of fused-ring (bicyclic) bond motifs is 3. The maximum Gasteiger partial charge on any atom is 0.350 e. The molecular formula is C34H32N2O3S. The topological polar surface area (TPSA) is 60.7 Å². The first-order valence-electron chi connectivity index (χ1n) is 13.4. The van der Waals surface area contributed by atoms with Gasteiger partial charge in [-0.3, -0.25) is 4.79 Å². The van der Waals surface area contributed by atoms with Crippen LogP contribution in [-0.4, -0.2) is 26.8 Å². The Balaban J connectivity index is 1.47. The molecule has 0 saturated carbocycles. The summed E-state index contributed by atoms with van der Waals surface area (Å²) in [7, 11) is 0. The van der Waals surface area contributed by atoms with E-state index in [0.717, 1.165) is 44.4 Å². The molecule has 0 aliphatic carbocycles. The number of rotatable bonds is 8. The highest BCUT2D eigenvalue weighted by Gasteiger charge is 2.31. The molecule has 5 rings (SSSR count). The van der Waals surface area contributed by atoms with Gasteiger partial charge in [-0.2, -0.15) is 0 Å². The number of thioether (sulfide) groups is 1. The molecule has 5 nitrogen and oxygen atoms in total. The van der Waals surface area contributed by atoms with E-state index in [2.05, 4.69) is 28.8 Å². The second-order valence-electron chi connectivity index (χ2n) is 10.3. The molecule has 0 fully saturated rings. The lowest BCUT2D eigenvalue weighted by atomic mass is 9.97. The van der Waals surface area contributed by atoms with Crippen molar-refractivity contribution in [2.24, 2.45) is 5.16 Å². The largest absolute Gasteiger partial charge is 0.350 e. The van der Waals surface area contributed by atoms with Gasteiger partial charge in [-0.15, -0.1) is 11.8 Å². The van der Waals surface area contributed by atoms with Gasteiger partial charge in [0.15, 0.2) is 5.78 Å². The Kier molecular flexibility index (Phi) is 7.63. The molecule has 0 amide bonds. The monoisotopic (exact) mass is 548 g/mol. The lowest BCUT2D eigenvalue weighted by molar-refractivity contribution is -0.145. The molecular weight excluding hydrogens is 516 g/mol. The third-order valence-electron chi connectivity index (χ3n) is 7.12. The summed E-state index contributed by atoms with van der Waals surface area (Å²) < 4.78 is 1.44. The van der Waals surface area contributed by atoms with E-state index in [0.29, 0.717) is 16.8 Å². The van der Waals surface area contributed by atoms with Crippen LogP contribution in [0.3, 0.4) is 0 Å². The smallest absolute Gasteiger partial charge is 0.341 e. The number of hydrogen-bond acceptors (Lipinski definition) is 5. The van der Waals surface area contributed by atoms with Gasteiger partial charge in [0.2, 0.25) is 0 Å². The van der Waals surface area contributed by atoms with E-state index >= 15 is 0 Å². The van der Waals surface area contributed by atoms with Gasteiger partial charge in [0.1, 0.15) is 4.75 Å². The van der Waals surface area contributed by atoms with Gasteiger partial charge in [-0.05, 0) is 88.2 Å². The predicted octanol–water partition coefficient (Wildman–Crippen LogP) is 8.19. The fraction of sp³-hybridized carbons (Fsp3) is 0.206. The van der Waals surface area contributed by atoms with Gasteiger partial charge in [-0.1, -0.05) is 53.7 Å². The van der Waals surface area contributed by atoms with Crippen LogP contribution in [-0.2, 0) is 16.2 Å². The molecule has 1 heterocycles. The zero-order valence-electron chi connectivity index (χ0n) is 23.4. The molecule has 1 aromatic heterocycles. The number of aryl methyl sites for hydroxylation is 2. The number of oxime groups is 1. The SMILES string of the molecule is CCn1c2ccc(C(=O)c3ccccc3C)cc2c2cc(C(C)=NOC(=O)C(C)(C)Sc3ccccc3)ccc21. The number of nitrogens with zero attached hydrogens (tertiary/aromatic N) is 2. The Morgan fingerprint density at radius 3 is 2.10 bits per heavy atom. The number of carbonyl (C=O) groups is 2. The van der Waals surface area contributed by atoms with Crippen molar-refractivity contribution in [1.82, 2.24) is 4.57 Å². The van der Waals surface area contributed by atoms with E-state index in [1.807, 2.05) is 107 Å². The minimum atomic E-state index is -0.802. The van der Waals surface area contributed by atoms with Crippen LogP contribution in [0.25, 0.3) is 21.8 Å². The predicted molar refractivity (Wildman–Crippen MR) is 164 cm³/mol. The van der Waals surface area contributed by atoms with Crippen LogP contribution < -0.4 is 0 Å². The quantitative estimate of drug-likeness (QED) is 0.0645. The van der Waals surface area contributed by atoms with E-state index in [1.165, 1.54) is 11.8 Å². The van der Waals surface area contributed by atoms with Gasteiger partial charge >= 0.3 is 5.97 Å². The van der Waals surface area contributed by atoms with Crippen molar-refractivity contribution in [1.29, 1.82) is 0 Å². The zero-order valence-corrected chi connectivity index (χ0v) is 24.2. The molecule has 0 saturated heterocycles. The number of hydrogen-bond donors (Lipinski definition) is 0. The lowest BCUT2D eigenvalue weighted by Gasteiger charge is -2.20. The Morgan fingerprint density at radius 1 is 0.850 bits per heavy atom. The molecule has 0 aliphatic heterocycles. The Morgan fingerprint density at radius 2 is 1.45 bits per heavy atom. The molecule has 0 radical (unpaired) electrons. The molecule has 0 spiro atoms. The molecule has 5 aromatic rings. The highest BCUT2D eigenvalue weighted by atomic mass is 32.2. The van der Waals surface area contributed by atoms with Crippen molar-refractivity contribution < 1.29 is 14.4 Å². The number of ketones is 1. The van der Waals surface area contributed by atoms with Crippen LogP contribution in [0.4, 0.5) is 0 Å². The van der Waals surface area contributed by atoms with Crippen LogP contribution in [0.5, 0.6) is 0 Å².